The highest BCUT2D eigenvalue weighted by molar-refractivity contribution is 6.04. The van der Waals surface area contributed by atoms with Crippen molar-refractivity contribution in [1.29, 1.82) is 0 Å². The van der Waals surface area contributed by atoms with E-state index in [1.54, 1.807) is 23.2 Å². The first-order valence-electron chi connectivity index (χ1n) is 10.0. The van der Waals surface area contributed by atoms with Crippen molar-refractivity contribution in [2.75, 3.05) is 11.6 Å². The molecule has 5 nitrogen and oxygen atoms in total. The van der Waals surface area contributed by atoms with E-state index >= 15 is 0 Å². The fourth-order valence-corrected chi connectivity index (χ4v) is 3.95. The van der Waals surface area contributed by atoms with Gasteiger partial charge in [0.1, 0.15) is 11.6 Å². The molecule has 0 saturated carbocycles. The number of aryl methyl sites for hydroxylation is 2. The van der Waals surface area contributed by atoms with Crippen molar-refractivity contribution >= 4 is 11.4 Å². The van der Waals surface area contributed by atoms with Gasteiger partial charge in [-0.3, -0.25) is 9.80 Å². The molecule has 0 fully saturated rings. The fourth-order valence-electron chi connectivity index (χ4n) is 3.95. The Morgan fingerprint density at radius 3 is 2.57 bits per heavy atom. The average Bonchev–Trinajstić information content (AvgIpc) is 3.13. The van der Waals surface area contributed by atoms with Crippen LogP contribution in [-0.2, 0) is 0 Å². The highest BCUT2D eigenvalue weighted by Gasteiger charge is 2.32. The number of hydrogen-bond acceptors (Lipinski definition) is 4. The molecule has 1 atom stereocenters. The first-order valence-corrected chi connectivity index (χ1v) is 10.0. The molecule has 2 heterocycles. The molecule has 0 radical (unpaired) electrons. The van der Waals surface area contributed by atoms with Crippen molar-refractivity contribution < 1.29 is 9.13 Å². The SMILES string of the molecule is CCOc1ccc([C@H]2CC(c3c(C)cc(C)[nH]c3=O)=NN2c2ccccc2F)cc1. The molecule has 2 aromatic carbocycles. The third-order valence-electron chi connectivity index (χ3n) is 5.24. The standard InChI is InChI=1S/C24H24FN3O2/c1-4-30-18-11-9-17(10-12-18)22-14-20(23-15(2)13-16(3)26-24(23)29)27-28(22)21-8-6-5-7-19(21)25/h5-13,22H,4,14H2,1-3H3,(H,26,29)/t22-/m1/s1. The zero-order valence-electron chi connectivity index (χ0n) is 17.3. The molecule has 0 bridgehead atoms. The molecule has 0 aliphatic carbocycles. The van der Waals surface area contributed by atoms with Gasteiger partial charge in [0.05, 0.1) is 29.6 Å². The van der Waals surface area contributed by atoms with Crippen molar-refractivity contribution in [2.45, 2.75) is 33.2 Å². The Kier molecular flexibility index (Phi) is 5.40. The first-order chi connectivity index (χ1) is 14.5. The monoisotopic (exact) mass is 405 g/mol. The van der Waals surface area contributed by atoms with Gasteiger partial charge in [-0.05, 0) is 62.2 Å². The second kappa shape index (κ2) is 8.14. The number of halogens is 1. The molecule has 154 valence electrons. The maximum absolute atomic E-state index is 14.6. The Bertz CT molecular complexity index is 1150. The number of pyridine rings is 1. The minimum absolute atomic E-state index is 0.174. The number of nitrogens with one attached hydrogen (secondary N) is 1. The number of anilines is 1. The van der Waals surface area contributed by atoms with Crippen molar-refractivity contribution in [3.63, 3.8) is 0 Å². The van der Waals surface area contributed by atoms with Crippen LogP contribution in [0.3, 0.4) is 0 Å². The van der Waals surface area contributed by atoms with Crippen molar-refractivity contribution in [3.05, 3.63) is 93.2 Å². The Balaban J connectivity index is 1.79. The summed E-state index contributed by atoms with van der Waals surface area (Å²) in [4.78, 5) is 15.5. The third kappa shape index (κ3) is 3.73. The summed E-state index contributed by atoms with van der Waals surface area (Å²) in [6.07, 6.45) is 0.495. The van der Waals surface area contributed by atoms with Gasteiger partial charge in [-0.1, -0.05) is 24.3 Å². The van der Waals surface area contributed by atoms with Crippen molar-refractivity contribution in [3.8, 4) is 5.75 Å². The summed E-state index contributed by atoms with van der Waals surface area (Å²) in [5, 5.41) is 6.40. The van der Waals surface area contributed by atoms with Crippen LogP contribution in [-0.4, -0.2) is 17.3 Å². The van der Waals surface area contributed by atoms with E-state index in [9.17, 15) is 9.18 Å². The zero-order chi connectivity index (χ0) is 21.3. The van der Waals surface area contributed by atoms with Gasteiger partial charge in [-0.2, -0.15) is 5.10 Å². The Labute approximate surface area is 174 Å². The molecule has 1 aliphatic heterocycles. The topological polar surface area (TPSA) is 57.7 Å². The van der Waals surface area contributed by atoms with E-state index in [2.05, 4.69) is 4.98 Å². The summed E-state index contributed by atoms with van der Waals surface area (Å²) in [7, 11) is 0. The predicted molar refractivity (Wildman–Crippen MR) is 117 cm³/mol. The molecule has 4 rings (SSSR count). The molecule has 0 amide bonds. The molecule has 1 aromatic heterocycles. The molecular formula is C24H24FN3O2. The van der Waals surface area contributed by atoms with E-state index in [4.69, 9.17) is 9.84 Å². The molecule has 0 saturated heterocycles. The normalized spacial score (nSPS) is 15.9. The van der Waals surface area contributed by atoms with Crippen LogP contribution in [0.15, 0.2) is 64.5 Å². The van der Waals surface area contributed by atoms with Gasteiger partial charge in [0.25, 0.3) is 5.56 Å². The lowest BCUT2D eigenvalue weighted by molar-refractivity contribution is 0.340. The number of nitrogens with zero attached hydrogens (tertiary/aromatic N) is 2. The lowest BCUT2D eigenvalue weighted by Gasteiger charge is -2.24. The van der Waals surface area contributed by atoms with Crippen LogP contribution in [0.1, 0.15) is 41.8 Å². The lowest BCUT2D eigenvalue weighted by atomic mass is 9.96. The Morgan fingerprint density at radius 2 is 1.90 bits per heavy atom. The van der Waals surface area contributed by atoms with Crippen molar-refractivity contribution in [2.24, 2.45) is 5.10 Å². The predicted octanol–water partition coefficient (Wildman–Crippen LogP) is 4.89. The summed E-state index contributed by atoms with van der Waals surface area (Å²) in [6.45, 7) is 6.28. The molecule has 6 heteroatoms. The van der Waals surface area contributed by atoms with Crippen LogP contribution < -0.4 is 15.3 Å². The lowest BCUT2D eigenvalue weighted by Crippen LogP contribution is -2.20. The molecule has 0 spiro atoms. The van der Waals surface area contributed by atoms with Gasteiger partial charge in [0.15, 0.2) is 0 Å². The molecule has 1 aliphatic rings. The van der Waals surface area contributed by atoms with Gasteiger partial charge in [0.2, 0.25) is 0 Å². The average molecular weight is 405 g/mol. The molecular weight excluding hydrogens is 381 g/mol. The van der Waals surface area contributed by atoms with Crippen LogP contribution in [0.25, 0.3) is 0 Å². The van der Waals surface area contributed by atoms with Gasteiger partial charge < -0.3 is 9.72 Å². The van der Waals surface area contributed by atoms with Gasteiger partial charge in [-0.25, -0.2) is 4.39 Å². The number of para-hydroxylation sites is 1. The summed E-state index contributed by atoms with van der Waals surface area (Å²) < 4.78 is 20.2. The number of ether oxygens (including phenoxy) is 1. The zero-order valence-corrected chi connectivity index (χ0v) is 17.3. The van der Waals surface area contributed by atoms with E-state index < -0.39 is 0 Å². The number of hydrogen-bond donors (Lipinski definition) is 1. The van der Waals surface area contributed by atoms with E-state index in [-0.39, 0.29) is 17.4 Å². The maximum Gasteiger partial charge on any atom is 0.257 e. The van der Waals surface area contributed by atoms with E-state index in [0.717, 1.165) is 22.6 Å². The molecule has 30 heavy (non-hydrogen) atoms. The number of hydrazone groups is 1. The Hall–Kier alpha value is -3.41. The maximum atomic E-state index is 14.6. The number of aromatic nitrogens is 1. The minimum Gasteiger partial charge on any atom is -0.494 e. The highest BCUT2D eigenvalue weighted by Crippen LogP contribution is 2.38. The van der Waals surface area contributed by atoms with Gasteiger partial charge >= 0.3 is 0 Å². The smallest absolute Gasteiger partial charge is 0.257 e. The molecule has 3 aromatic rings. The van der Waals surface area contributed by atoms with Gasteiger partial charge in [-0.15, -0.1) is 0 Å². The number of aromatic amines is 1. The molecule has 1 N–H and O–H groups in total. The number of benzene rings is 2. The second-order valence-electron chi connectivity index (χ2n) is 7.40. The summed E-state index contributed by atoms with van der Waals surface area (Å²) in [6, 6.07) is 16.0. The minimum atomic E-state index is -0.354. The van der Waals surface area contributed by atoms with E-state index in [1.807, 2.05) is 51.1 Å². The van der Waals surface area contributed by atoms with Crippen LogP contribution >= 0.6 is 0 Å². The van der Waals surface area contributed by atoms with Crippen LogP contribution in [0.4, 0.5) is 10.1 Å². The summed E-state index contributed by atoms with van der Waals surface area (Å²) in [5.74, 6) is 0.427. The van der Waals surface area contributed by atoms with Gasteiger partial charge in [0, 0.05) is 12.1 Å². The van der Waals surface area contributed by atoms with E-state index in [1.165, 1.54) is 6.07 Å². The summed E-state index contributed by atoms with van der Waals surface area (Å²) in [5.41, 5.74) is 4.04. The van der Waals surface area contributed by atoms with E-state index in [0.29, 0.717) is 30.0 Å². The first kappa shape index (κ1) is 19.9. The van der Waals surface area contributed by atoms with Crippen LogP contribution in [0.5, 0.6) is 5.75 Å². The molecule has 0 unspecified atom stereocenters. The largest absolute Gasteiger partial charge is 0.494 e. The van der Waals surface area contributed by atoms with Crippen LogP contribution in [0, 0.1) is 19.7 Å². The third-order valence-corrected chi connectivity index (χ3v) is 5.24. The highest BCUT2D eigenvalue weighted by atomic mass is 19.1. The summed E-state index contributed by atoms with van der Waals surface area (Å²) >= 11 is 0. The van der Waals surface area contributed by atoms with Crippen molar-refractivity contribution in [1.82, 2.24) is 4.98 Å². The second-order valence-corrected chi connectivity index (χ2v) is 7.40. The fraction of sp³-hybridized carbons (Fsp3) is 0.250. The number of H-pyrrole nitrogens is 1. The Morgan fingerprint density at radius 1 is 1.17 bits per heavy atom. The van der Waals surface area contributed by atoms with Crippen LogP contribution in [0.2, 0.25) is 0 Å². The number of rotatable bonds is 5. The quantitative estimate of drug-likeness (QED) is 0.658.